The second-order valence-electron chi connectivity index (χ2n) is 3.49. The minimum Gasteiger partial charge on any atom is -0.504 e. The highest BCUT2D eigenvalue weighted by molar-refractivity contribution is 8.26. The van der Waals surface area contributed by atoms with Crippen LogP contribution in [0.5, 0.6) is 11.5 Å². The second-order valence-corrected chi connectivity index (χ2v) is 5.16. The number of amides is 1. The lowest BCUT2D eigenvalue weighted by Crippen LogP contribution is -2.22. The molecule has 1 aromatic rings. The van der Waals surface area contributed by atoms with Gasteiger partial charge in [-0.1, -0.05) is 30.0 Å². The number of phenolic OH excluding ortho intramolecular Hbond substituents is 2. The molecule has 0 saturated carbocycles. The number of rotatable bonds is 1. The molecule has 88 valence electrons. The number of hydrogen-bond acceptors (Lipinski definition) is 5. The molecule has 0 aliphatic carbocycles. The zero-order valence-electron chi connectivity index (χ0n) is 8.88. The van der Waals surface area contributed by atoms with Crippen molar-refractivity contribution in [3.63, 3.8) is 0 Å². The number of thiocarbonyl (C=S) groups is 1. The Labute approximate surface area is 108 Å². The van der Waals surface area contributed by atoms with Gasteiger partial charge in [0.1, 0.15) is 4.32 Å². The molecule has 2 N–H and O–H groups in total. The Balaban J connectivity index is 2.34. The SMILES string of the molecule is CN1C(=O)C(=Cc2ccc(O)c(O)c2)SC1=S. The summed E-state index contributed by atoms with van der Waals surface area (Å²) in [6, 6.07) is 4.36. The van der Waals surface area contributed by atoms with Gasteiger partial charge in [0, 0.05) is 7.05 Å². The quantitative estimate of drug-likeness (QED) is 0.462. The predicted octanol–water partition coefficient (Wildman–Crippen LogP) is 1.93. The molecule has 0 atom stereocenters. The Hall–Kier alpha value is -1.53. The molecule has 6 heteroatoms. The van der Waals surface area contributed by atoms with Gasteiger partial charge in [-0.2, -0.15) is 0 Å². The first kappa shape index (κ1) is 11.9. The van der Waals surface area contributed by atoms with Crippen molar-refractivity contribution in [1.29, 1.82) is 0 Å². The lowest BCUT2D eigenvalue weighted by Gasteiger charge is -2.03. The van der Waals surface area contributed by atoms with Gasteiger partial charge in [0.15, 0.2) is 11.5 Å². The van der Waals surface area contributed by atoms with Crippen LogP contribution >= 0.6 is 24.0 Å². The number of phenols is 2. The number of carbonyl (C=O) groups is 1. The molecule has 0 bridgehead atoms. The molecule has 1 fully saturated rings. The molecule has 0 unspecified atom stereocenters. The van der Waals surface area contributed by atoms with Crippen molar-refractivity contribution in [2.45, 2.75) is 0 Å². The summed E-state index contributed by atoms with van der Waals surface area (Å²) in [5, 5.41) is 18.5. The minimum atomic E-state index is -0.217. The number of benzene rings is 1. The van der Waals surface area contributed by atoms with Crippen molar-refractivity contribution >= 4 is 40.3 Å². The molecule has 2 rings (SSSR count). The van der Waals surface area contributed by atoms with E-state index in [1.54, 1.807) is 19.2 Å². The molecule has 0 radical (unpaired) electrons. The predicted molar refractivity (Wildman–Crippen MR) is 70.7 cm³/mol. The van der Waals surface area contributed by atoms with Crippen LogP contribution in [0, 0.1) is 0 Å². The van der Waals surface area contributed by atoms with E-state index in [1.807, 2.05) is 0 Å². The zero-order chi connectivity index (χ0) is 12.6. The van der Waals surface area contributed by atoms with E-state index < -0.39 is 0 Å². The Morgan fingerprint density at radius 1 is 1.35 bits per heavy atom. The fourth-order valence-electron chi connectivity index (χ4n) is 1.33. The molecule has 0 aromatic heterocycles. The van der Waals surface area contributed by atoms with Gasteiger partial charge >= 0.3 is 0 Å². The minimum absolute atomic E-state index is 0.160. The van der Waals surface area contributed by atoms with Crippen molar-refractivity contribution in [3.05, 3.63) is 28.7 Å². The number of nitrogens with zero attached hydrogens (tertiary/aromatic N) is 1. The van der Waals surface area contributed by atoms with Gasteiger partial charge in [0.25, 0.3) is 5.91 Å². The molecule has 0 spiro atoms. The highest BCUT2D eigenvalue weighted by Crippen LogP contribution is 2.33. The first-order valence-corrected chi connectivity index (χ1v) is 5.95. The summed E-state index contributed by atoms with van der Waals surface area (Å²) >= 11 is 6.21. The summed E-state index contributed by atoms with van der Waals surface area (Å²) in [7, 11) is 1.62. The third-order valence-corrected chi connectivity index (χ3v) is 3.77. The summed E-state index contributed by atoms with van der Waals surface area (Å²) in [5.41, 5.74) is 0.634. The summed E-state index contributed by atoms with van der Waals surface area (Å²) in [6.45, 7) is 0. The van der Waals surface area contributed by atoms with Crippen molar-refractivity contribution < 1.29 is 15.0 Å². The number of hydrogen-bond donors (Lipinski definition) is 2. The smallest absolute Gasteiger partial charge is 0.265 e. The van der Waals surface area contributed by atoms with E-state index in [0.29, 0.717) is 14.8 Å². The van der Waals surface area contributed by atoms with Crippen LogP contribution in [-0.4, -0.2) is 32.4 Å². The van der Waals surface area contributed by atoms with Crippen LogP contribution in [0.2, 0.25) is 0 Å². The van der Waals surface area contributed by atoms with Gasteiger partial charge in [-0.3, -0.25) is 9.69 Å². The highest BCUT2D eigenvalue weighted by atomic mass is 32.2. The Morgan fingerprint density at radius 3 is 2.59 bits per heavy atom. The van der Waals surface area contributed by atoms with Gasteiger partial charge in [-0.15, -0.1) is 0 Å². The van der Waals surface area contributed by atoms with Gasteiger partial charge in [0.05, 0.1) is 4.91 Å². The van der Waals surface area contributed by atoms with Crippen LogP contribution in [0.25, 0.3) is 6.08 Å². The largest absolute Gasteiger partial charge is 0.504 e. The fourth-order valence-corrected chi connectivity index (χ4v) is 2.51. The van der Waals surface area contributed by atoms with Crippen LogP contribution in [0.1, 0.15) is 5.56 Å². The maximum Gasteiger partial charge on any atom is 0.265 e. The Bertz CT molecular complexity index is 540. The molecule has 1 aliphatic heterocycles. The van der Waals surface area contributed by atoms with E-state index >= 15 is 0 Å². The summed E-state index contributed by atoms with van der Waals surface area (Å²) in [5.74, 6) is -0.566. The molecule has 1 aromatic carbocycles. The number of aromatic hydroxyl groups is 2. The number of carbonyl (C=O) groups excluding carboxylic acids is 1. The average molecular weight is 267 g/mol. The first-order chi connectivity index (χ1) is 7.99. The molecule has 1 heterocycles. The average Bonchev–Trinajstić information content (AvgIpc) is 2.52. The van der Waals surface area contributed by atoms with Gasteiger partial charge < -0.3 is 10.2 Å². The van der Waals surface area contributed by atoms with Crippen molar-refractivity contribution in [1.82, 2.24) is 4.90 Å². The summed E-state index contributed by atoms with van der Waals surface area (Å²) in [4.78, 5) is 13.6. The van der Waals surface area contributed by atoms with Crippen molar-refractivity contribution in [2.75, 3.05) is 7.05 Å². The fraction of sp³-hybridized carbons (Fsp3) is 0.0909. The van der Waals surface area contributed by atoms with Gasteiger partial charge in [0.2, 0.25) is 0 Å². The molecular formula is C11H9NO3S2. The van der Waals surface area contributed by atoms with Crippen LogP contribution in [0.4, 0.5) is 0 Å². The van der Waals surface area contributed by atoms with Crippen molar-refractivity contribution in [2.24, 2.45) is 0 Å². The molecule has 1 saturated heterocycles. The zero-order valence-corrected chi connectivity index (χ0v) is 10.5. The molecule has 17 heavy (non-hydrogen) atoms. The molecular weight excluding hydrogens is 258 g/mol. The lowest BCUT2D eigenvalue weighted by atomic mass is 10.2. The Kier molecular flexibility index (Phi) is 3.08. The second kappa shape index (κ2) is 4.38. The van der Waals surface area contributed by atoms with Gasteiger partial charge in [-0.05, 0) is 23.8 Å². The third-order valence-electron chi connectivity index (χ3n) is 2.28. The molecule has 4 nitrogen and oxygen atoms in total. The van der Waals surface area contributed by atoms with E-state index in [1.165, 1.54) is 28.8 Å². The van der Waals surface area contributed by atoms with Crippen LogP contribution in [0.15, 0.2) is 23.1 Å². The maximum absolute atomic E-state index is 11.7. The van der Waals surface area contributed by atoms with E-state index in [-0.39, 0.29) is 17.4 Å². The summed E-state index contributed by atoms with van der Waals surface area (Å²) in [6.07, 6.45) is 1.63. The standard InChI is InChI=1S/C11H9NO3S2/c1-12-10(15)9(17-11(12)16)5-6-2-3-7(13)8(14)4-6/h2-5,13-14H,1H3. The van der Waals surface area contributed by atoms with Crippen LogP contribution in [-0.2, 0) is 4.79 Å². The number of likely N-dealkylation sites (N-methyl/N-ethyl adjacent to an activating group) is 1. The maximum atomic E-state index is 11.7. The van der Waals surface area contributed by atoms with E-state index in [9.17, 15) is 9.90 Å². The van der Waals surface area contributed by atoms with E-state index in [0.717, 1.165) is 0 Å². The molecule has 1 amide bonds. The van der Waals surface area contributed by atoms with Crippen LogP contribution in [0.3, 0.4) is 0 Å². The summed E-state index contributed by atoms with van der Waals surface area (Å²) < 4.78 is 0.504. The highest BCUT2D eigenvalue weighted by Gasteiger charge is 2.28. The number of thioether (sulfide) groups is 1. The van der Waals surface area contributed by atoms with Crippen molar-refractivity contribution in [3.8, 4) is 11.5 Å². The molecule has 1 aliphatic rings. The van der Waals surface area contributed by atoms with Crippen LogP contribution < -0.4 is 0 Å². The monoisotopic (exact) mass is 267 g/mol. The first-order valence-electron chi connectivity index (χ1n) is 4.72. The third kappa shape index (κ3) is 2.27. The van der Waals surface area contributed by atoms with E-state index in [4.69, 9.17) is 17.3 Å². The normalized spacial score (nSPS) is 18.2. The lowest BCUT2D eigenvalue weighted by molar-refractivity contribution is -0.121. The van der Waals surface area contributed by atoms with E-state index in [2.05, 4.69) is 0 Å². The topological polar surface area (TPSA) is 60.8 Å². The Morgan fingerprint density at radius 2 is 2.06 bits per heavy atom. The van der Waals surface area contributed by atoms with Gasteiger partial charge in [-0.25, -0.2) is 0 Å².